The van der Waals surface area contributed by atoms with Crippen LogP contribution in [0.25, 0.3) is 0 Å². The SMILES string of the molecule is CC1CCN(c2cccc(Cl)c2CBr)CC1. The van der Waals surface area contributed by atoms with Crippen molar-refractivity contribution < 1.29 is 0 Å². The first-order valence-electron chi connectivity index (χ1n) is 5.80. The summed E-state index contributed by atoms with van der Waals surface area (Å²) in [5, 5.41) is 1.70. The highest BCUT2D eigenvalue weighted by molar-refractivity contribution is 9.08. The summed E-state index contributed by atoms with van der Waals surface area (Å²) in [5.41, 5.74) is 2.52. The maximum absolute atomic E-state index is 6.22. The zero-order chi connectivity index (χ0) is 11.5. The second-order valence-electron chi connectivity index (χ2n) is 4.54. The van der Waals surface area contributed by atoms with E-state index in [1.807, 2.05) is 12.1 Å². The first-order valence-corrected chi connectivity index (χ1v) is 7.30. The van der Waals surface area contributed by atoms with Crippen LogP contribution in [0.1, 0.15) is 25.3 Å². The topological polar surface area (TPSA) is 3.24 Å². The Bertz CT molecular complexity index is 359. The van der Waals surface area contributed by atoms with Gasteiger partial charge in [-0.15, -0.1) is 0 Å². The predicted octanol–water partition coefficient (Wildman–Crippen LogP) is 4.47. The van der Waals surface area contributed by atoms with E-state index in [0.717, 1.165) is 29.4 Å². The van der Waals surface area contributed by atoms with E-state index in [-0.39, 0.29) is 0 Å². The van der Waals surface area contributed by atoms with Gasteiger partial charge >= 0.3 is 0 Å². The van der Waals surface area contributed by atoms with Crippen LogP contribution in [0.5, 0.6) is 0 Å². The molecule has 0 N–H and O–H groups in total. The Hall–Kier alpha value is -0.210. The minimum absolute atomic E-state index is 0.827. The standard InChI is InChI=1S/C13H17BrClN/c1-10-5-7-16(8-6-10)13-4-2-3-12(15)11(13)9-14/h2-4,10H,5-9H2,1H3. The summed E-state index contributed by atoms with van der Waals surface area (Å²) < 4.78 is 0. The third kappa shape index (κ3) is 2.54. The lowest BCUT2D eigenvalue weighted by Crippen LogP contribution is -2.33. The molecule has 1 aromatic carbocycles. The van der Waals surface area contributed by atoms with Gasteiger partial charge in [0.05, 0.1) is 0 Å². The maximum Gasteiger partial charge on any atom is 0.0467 e. The molecule has 2 rings (SSSR count). The van der Waals surface area contributed by atoms with Crippen LogP contribution in [-0.4, -0.2) is 13.1 Å². The number of anilines is 1. The molecule has 1 nitrogen and oxygen atoms in total. The highest BCUT2D eigenvalue weighted by Crippen LogP contribution is 2.32. The summed E-state index contributed by atoms with van der Waals surface area (Å²) in [6, 6.07) is 6.19. The van der Waals surface area contributed by atoms with Gasteiger partial charge in [-0.05, 0) is 30.9 Å². The molecule has 0 aromatic heterocycles. The average molecular weight is 303 g/mol. The number of nitrogens with zero attached hydrogens (tertiary/aromatic N) is 1. The van der Waals surface area contributed by atoms with Crippen molar-refractivity contribution in [1.82, 2.24) is 0 Å². The molecule has 1 aromatic rings. The quantitative estimate of drug-likeness (QED) is 0.729. The van der Waals surface area contributed by atoms with Gasteiger partial charge in [0.25, 0.3) is 0 Å². The molecular weight excluding hydrogens is 286 g/mol. The molecule has 0 bridgehead atoms. The number of halogens is 2. The van der Waals surface area contributed by atoms with Crippen LogP contribution in [0.2, 0.25) is 5.02 Å². The van der Waals surface area contributed by atoms with Crippen molar-refractivity contribution >= 4 is 33.2 Å². The van der Waals surface area contributed by atoms with E-state index in [9.17, 15) is 0 Å². The number of rotatable bonds is 2. The minimum atomic E-state index is 0.827. The lowest BCUT2D eigenvalue weighted by atomic mass is 9.98. The number of hydrogen-bond donors (Lipinski definition) is 0. The summed E-state index contributed by atoms with van der Waals surface area (Å²) in [4.78, 5) is 2.46. The summed E-state index contributed by atoms with van der Waals surface area (Å²) in [6.07, 6.45) is 2.57. The largest absolute Gasteiger partial charge is 0.371 e. The van der Waals surface area contributed by atoms with Gasteiger partial charge in [-0.2, -0.15) is 0 Å². The van der Waals surface area contributed by atoms with Crippen molar-refractivity contribution in [3.8, 4) is 0 Å². The molecule has 16 heavy (non-hydrogen) atoms. The van der Waals surface area contributed by atoms with Gasteiger partial charge in [0, 0.05) is 34.7 Å². The first-order chi connectivity index (χ1) is 7.72. The average Bonchev–Trinajstić information content (AvgIpc) is 2.30. The van der Waals surface area contributed by atoms with E-state index < -0.39 is 0 Å². The van der Waals surface area contributed by atoms with Gasteiger partial charge in [-0.1, -0.05) is 40.5 Å². The van der Waals surface area contributed by atoms with Crippen LogP contribution in [-0.2, 0) is 5.33 Å². The van der Waals surface area contributed by atoms with E-state index in [1.54, 1.807) is 0 Å². The molecule has 1 heterocycles. The summed E-state index contributed by atoms with van der Waals surface area (Å²) in [6.45, 7) is 4.64. The Morgan fingerprint density at radius 1 is 1.38 bits per heavy atom. The lowest BCUT2D eigenvalue weighted by Gasteiger charge is -2.33. The predicted molar refractivity (Wildman–Crippen MR) is 74.7 cm³/mol. The Kier molecular flexibility index (Phi) is 4.15. The monoisotopic (exact) mass is 301 g/mol. The molecule has 3 heteroatoms. The van der Waals surface area contributed by atoms with Crippen LogP contribution in [0.3, 0.4) is 0 Å². The maximum atomic E-state index is 6.22. The molecule has 0 unspecified atom stereocenters. The van der Waals surface area contributed by atoms with E-state index in [1.165, 1.54) is 24.1 Å². The van der Waals surface area contributed by atoms with Crippen molar-refractivity contribution in [1.29, 1.82) is 0 Å². The molecule has 1 fully saturated rings. The molecule has 0 saturated carbocycles. The third-order valence-electron chi connectivity index (χ3n) is 3.35. The number of piperidine rings is 1. The Morgan fingerprint density at radius 2 is 2.06 bits per heavy atom. The second-order valence-corrected chi connectivity index (χ2v) is 5.51. The number of alkyl halides is 1. The fraction of sp³-hybridized carbons (Fsp3) is 0.538. The van der Waals surface area contributed by atoms with Gasteiger partial charge in [0.15, 0.2) is 0 Å². The summed E-state index contributed by atoms with van der Waals surface area (Å²) in [5.74, 6) is 0.864. The highest BCUT2D eigenvalue weighted by Gasteiger charge is 2.18. The van der Waals surface area contributed by atoms with Crippen LogP contribution in [0, 0.1) is 5.92 Å². The number of benzene rings is 1. The molecule has 0 aliphatic carbocycles. The molecule has 1 aliphatic rings. The molecule has 0 spiro atoms. The van der Waals surface area contributed by atoms with E-state index in [4.69, 9.17) is 11.6 Å². The zero-order valence-corrected chi connectivity index (χ0v) is 11.9. The first kappa shape index (κ1) is 12.3. The molecule has 0 amide bonds. The second kappa shape index (κ2) is 5.42. The molecule has 88 valence electrons. The van der Waals surface area contributed by atoms with Crippen molar-refractivity contribution in [2.45, 2.75) is 25.1 Å². The Morgan fingerprint density at radius 3 is 2.69 bits per heavy atom. The molecular formula is C13H17BrClN. The van der Waals surface area contributed by atoms with Gasteiger partial charge in [-0.3, -0.25) is 0 Å². The molecule has 1 aliphatic heterocycles. The van der Waals surface area contributed by atoms with Gasteiger partial charge in [0.2, 0.25) is 0 Å². The Labute approximate surface area is 111 Å². The van der Waals surface area contributed by atoms with E-state index in [0.29, 0.717) is 0 Å². The van der Waals surface area contributed by atoms with Crippen molar-refractivity contribution in [3.63, 3.8) is 0 Å². The van der Waals surface area contributed by atoms with Crippen LogP contribution in [0.15, 0.2) is 18.2 Å². The molecule has 1 saturated heterocycles. The van der Waals surface area contributed by atoms with Gasteiger partial charge in [0.1, 0.15) is 0 Å². The van der Waals surface area contributed by atoms with Crippen LogP contribution >= 0.6 is 27.5 Å². The summed E-state index contributed by atoms with van der Waals surface area (Å²) >= 11 is 9.75. The minimum Gasteiger partial charge on any atom is -0.371 e. The van der Waals surface area contributed by atoms with Crippen LogP contribution in [0.4, 0.5) is 5.69 Å². The van der Waals surface area contributed by atoms with Crippen molar-refractivity contribution in [2.24, 2.45) is 5.92 Å². The third-order valence-corrected chi connectivity index (χ3v) is 4.27. The van der Waals surface area contributed by atoms with Crippen molar-refractivity contribution in [2.75, 3.05) is 18.0 Å². The highest BCUT2D eigenvalue weighted by atomic mass is 79.9. The number of hydrogen-bond acceptors (Lipinski definition) is 1. The lowest BCUT2D eigenvalue weighted by molar-refractivity contribution is 0.438. The van der Waals surface area contributed by atoms with Crippen LogP contribution < -0.4 is 4.90 Å². The fourth-order valence-electron chi connectivity index (χ4n) is 2.23. The van der Waals surface area contributed by atoms with Gasteiger partial charge < -0.3 is 4.90 Å². The van der Waals surface area contributed by atoms with E-state index >= 15 is 0 Å². The summed E-state index contributed by atoms with van der Waals surface area (Å²) in [7, 11) is 0. The normalized spacial score (nSPS) is 17.8. The molecule has 0 radical (unpaired) electrons. The zero-order valence-electron chi connectivity index (χ0n) is 9.55. The Balaban J connectivity index is 2.23. The van der Waals surface area contributed by atoms with E-state index in [2.05, 4.69) is 33.8 Å². The van der Waals surface area contributed by atoms with Gasteiger partial charge in [-0.25, -0.2) is 0 Å². The molecule has 0 atom stereocenters. The fourth-order valence-corrected chi connectivity index (χ4v) is 3.21. The smallest absolute Gasteiger partial charge is 0.0467 e. The van der Waals surface area contributed by atoms with Crippen molar-refractivity contribution in [3.05, 3.63) is 28.8 Å².